The van der Waals surface area contributed by atoms with Crippen LogP contribution in [0.15, 0.2) is 73.3 Å². The lowest BCUT2D eigenvalue weighted by molar-refractivity contribution is 0.244. The van der Waals surface area contributed by atoms with E-state index in [1.165, 1.54) is 175 Å². The Morgan fingerprint density at radius 2 is 0.609 bits per heavy atom. The summed E-state index contributed by atoms with van der Waals surface area (Å²) in [5.41, 5.74) is 50.2. The maximum Gasteiger partial charge on any atom is 0.0717 e. The van der Waals surface area contributed by atoms with Gasteiger partial charge in [-0.25, -0.2) is 0 Å². The van der Waals surface area contributed by atoms with Gasteiger partial charge in [-0.3, -0.25) is 40.3 Å². The number of nitrogens with one attached hydrogen (secondary N) is 4. The largest absolute Gasteiger partial charge is 0.321 e. The van der Waals surface area contributed by atoms with E-state index in [1.54, 1.807) is 0 Å². The van der Waals surface area contributed by atoms with Crippen molar-refractivity contribution in [2.75, 3.05) is 0 Å². The van der Waals surface area contributed by atoms with E-state index in [0.717, 1.165) is 140 Å². The molecule has 0 radical (unpaired) electrons. The van der Waals surface area contributed by atoms with Gasteiger partial charge in [0.25, 0.3) is 0 Å². The Balaban J connectivity index is 0.0000000939. The molecule has 16 heteroatoms. The fraction of sp³-hybridized carbons (Fsp3) is 0.437. The van der Waals surface area contributed by atoms with Gasteiger partial charge in [-0.15, -0.1) is 0 Å². The van der Waals surface area contributed by atoms with Gasteiger partial charge in [0, 0.05) is 43.1 Å². The van der Waals surface area contributed by atoms with Crippen molar-refractivity contribution in [2.24, 2.45) is 22.9 Å². The van der Waals surface area contributed by atoms with Crippen molar-refractivity contribution < 1.29 is 0 Å². The molecule has 8 aromatic heterocycles. The van der Waals surface area contributed by atoms with Crippen molar-refractivity contribution in [3.63, 3.8) is 0 Å². The first-order valence-electron chi connectivity index (χ1n) is 32.6. The molecule has 3 saturated carbocycles. The Labute approximate surface area is 505 Å². The quantitative estimate of drug-likeness (QED) is 0.0817. The molecule has 19 rings (SSSR count). The van der Waals surface area contributed by atoms with Gasteiger partial charge in [-0.1, -0.05) is 12.8 Å². The zero-order valence-electron chi connectivity index (χ0n) is 50.5. The molecule has 3 fully saturated rings. The normalized spacial score (nSPS) is 19.0. The first-order chi connectivity index (χ1) is 42.3. The maximum atomic E-state index is 6.81. The zero-order chi connectivity index (χ0) is 58.8. The molecule has 0 saturated heterocycles. The third-order valence-electron chi connectivity index (χ3n) is 21.1. The molecule has 0 bridgehead atoms. The van der Waals surface area contributed by atoms with E-state index < -0.39 is 5.54 Å². The zero-order valence-corrected chi connectivity index (χ0v) is 50.5. The molecule has 7 aliphatic carbocycles. The smallest absolute Gasteiger partial charge is 0.0717 e. The van der Waals surface area contributed by atoms with E-state index in [0.29, 0.717) is 0 Å². The number of hydrogen-bond donors (Lipinski definition) is 8. The molecular formula is C71H80N16. The van der Waals surface area contributed by atoms with Gasteiger partial charge in [-0.05, 0) is 255 Å². The van der Waals surface area contributed by atoms with Crippen LogP contribution in [0.4, 0.5) is 0 Å². The van der Waals surface area contributed by atoms with Crippen LogP contribution in [0.3, 0.4) is 0 Å². The molecule has 4 aromatic carbocycles. The SMILES string of the molecule is CC(C)(N)c1nc2ccc3[nH]ncc3c2c2c1CCCC2.NC1(c2nc3ccc4[nH]ncc4c3c3c2CCCC3)CC1.NC1(c2nc3ccc4[nH]ncc4c3c3c2CCCC3)CCC1.NC1(c2nc3ccc4[nH]ncc4c3c3c2CCCC3)CCCC1. The number of benzene rings is 4. The van der Waals surface area contributed by atoms with Gasteiger partial charge in [0.2, 0.25) is 0 Å². The van der Waals surface area contributed by atoms with Gasteiger partial charge in [0.15, 0.2) is 0 Å². The number of hydrogen-bond acceptors (Lipinski definition) is 12. The predicted octanol–water partition coefficient (Wildman–Crippen LogP) is 13.2. The summed E-state index contributed by atoms with van der Waals surface area (Å²) >= 11 is 0. The molecule has 7 aliphatic rings. The van der Waals surface area contributed by atoms with E-state index in [9.17, 15) is 0 Å². The number of fused-ring (bicyclic) bond motifs is 20. The van der Waals surface area contributed by atoms with Crippen molar-refractivity contribution in [3.05, 3.63) is 141 Å². The van der Waals surface area contributed by atoms with Crippen LogP contribution >= 0.6 is 0 Å². The monoisotopic (exact) mass is 1160 g/mol. The number of aryl methyl sites for hydroxylation is 4. The third-order valence-corrected chi connectivity index (χ3v) is 21.1. The lowest BCUT2D eigenvalue weighted by Crippen LogP contribution is -2.45. The average Bonchev–Trinajstić information content (AvgIpc) is 1.94. The summed E-state index contributed by atoms with van der Waals surface area (Å²) in [6, 6.07) is 16.8. The standard InChI is InChI=1S/C19H22N4.C18H20N4.C17H18N4.C17H20N4/c20-19(9-3-4-10-19)18-13-6-2-1-5-12(13)17-14-11-21-23-15(14)7-8-16(17)22-18;19-18(8-3-9-18)17-12-5-2-1-4-11(12)16-13-10-20-22-14(13)6-7-15(16)21-17;18-17(7-8-17)16-11-4-2-1-3-10(11)15-12-9-19-21-13(12)5-6-14(15)20-16;1-17(2,18)16-11-6-4-3-5-10(11)15-12-9-19-21-13(12)7-8-14(15)20-16/h7-8,11H,1-6,9-10,20H2,(H,21,23);6-7,10H,1-5,8-9,19H2,(H,20,22);5-6,9H,1-4,7-8,18H2,(H,19,21);7-9H,3-6,18H2,1-2H3,(H,19,21). The first-order valence-corrected chi connectivity index (χ1v) is 32.6. The minimum atomic E-state index is -0.402. The van der Waals surface area contributed by atoms with E-state index in [-0.39, 0.29) is 16.6 Å². The highest BCUT2D eigenvalue weighted by atomic mass is 15.1. The topological polar surface area (TPSA) is 270 Å². The van der Waals surface area contributed by atoms with Crippen LogP contribution in [0.1, 0.15) is 190 Å². The van der Waals surface area contributed by atoms with Crippen molar-refractivity contribution in [1.82, 2.24) is 60.7 Å². The molecule has 0 unspecified atom stereocenters. The minimum absolute atomic E-state index is 0.152. The Kier molecular flexibility index (Phi) is 13.2. The van der Waals surface area contributed by atoms with E-state index in [1.807, 2.05) is 38.6 Å². The summed E-state index contributed by atoms with van der Waals surface area (Å²) in [7, 11) is 0. The fourth-order valence-corrected chi connectivity index (χ4v) is 16.4. The summed E-state index contributed by atoms with van der Waals surface area (Å²) in [6.07, 6.45) is 36.9. The summed E-state index contributed by atoms with van der Waals surface area (Å²) in [5.74, 6) is 0. The highest BCUT2D eigenvalue weighted by molar-refractivity contribution is 6.10. The number of aromatic amines is 4. The molecule has 0 spiro atoms. The van der Waals surface area contributed by atoms with Crippen LogP contribution in [0.25, 0.3) is 87.2 Å². The Bertz CT molecular complexity index is 4550. The van der Waals surface area contributed by atoms with Crippen molar-refractivity contribution in [1.29, 1.82) is 0 Å². The molecule has 12 N–H and O–H groups in total. The van der Waals surface area contributed by atoms with E-state index in [2.05, 4.69) is 89.3 Å². The Hall–Kier alpha value is -7.76. The van der Waals surface area contributed by atoms with Gasteiger partial charge in [0.05, 0.1) is 114 Å². The highest BCUT2D eigenvalue weighted by Gasteiger charge is 2.45. The van der Waals surface area contributed by atoms with Gasteiger partial charge >= 0.3 is 0 Å². The van der Waals surface area contributed by atoms with Crippen LogP contribution in [0.5, 0.6) is 0 Å². The van der Waals surface area contributed by atoms with Crippen molar-refractivity contribution >= 4 is 87.2 Å². The first kappa shape index (κ1) is 54.6. The minimum Gasteiger partial charge on any atom is -0.321 e. The van der Waals surface area contributed by atoms with Crippen LogP contribution < -0.4 is 22.9 Å². The molecule has 0 aliphatic heterocycles. The number of pyridine rings is 4. The van der Waals surface area contributed by atoms with Crippen LogP contribution in [-0.2, 0) is 73.5 Å². The van der Waals surface area contributed by atoms with Crippen LogP contribution in [-0.4, -0.2) is 60.7 Å². The molecule has 444 valence electrons. The number of aromatic nitrogens is 12. The van der Waals surface area contributed by atoms with Crippen LogP contribution in [0, 0.1) is 0 Å². The molecule has 0 atom stereocenters. The third kappa shape index (κ3) is 9.21. The Morgan fingerprint density at radius 1 is 0.333 bits per heavy atom. The summed E-state index contributed by atoms with van der Waals surface area (Å²) in [6.45, 7) is 4.10. The number of rotatable bonds is 4. The maximum absolute atomic E-state index is 6.81. The second kappa shape index (κ2) is 21.0. The molecule has 8 heterocycles. The molecular weight excluding hydrogens is 1080 g/mol. The second-order valence-electron chi connectivity index (χ2n) is 27.4. The van der Waals surface area contributed by atoms with E-state index in [4.69, 9.17) is 42.9 Å². The van der Waals surface area contributed by atoms with Crippen molar-refractivity contribution in [3.8, 4) is 0 Å². The second-order valence-corrected chi connectivity index (χ2v) is 27.4. The lowest BCUT2D eigenvalue weighted by Gasteiger charge is -2.40. The lowest BCUT2D eigenvalue weighted by atomic mass is 9.71. The number of nitrogens with two attached hydrogens (primary N) is 4. The van der Waals surface area contributed by atoms with Gasteiger partial charge in [-0.2, -0.15) is 20.4 Å². The fourth-order valence-electron chi connectivity index (χ4n) is 16.4. The highest BCUT2D eigenvalue weighted by Crippen LogP contribution is 2.48. The summed E-state index contributed by atoms with van der Waals surface area (Å²) in [5, 5.41) is 39.1. The molecule has 0 amide bonds. The van der Waals surface area contributed by atoms with Crippen LogP contribution in [0.2, 0.25) is 0 Å². The van der Waals surface area contributed by atoms with Gasteiger partial charge < -0.3 is 22.9 Å². The molecule has 16 nitrogen and oxygen atoms in total. The number of H-pyrrole nitrogens is 4. The molecule has 12 aromatic rings. The molecule has 87 heavy (non-hydrogen) atoms. The van der Waals surface area contributed by atoms with Gasteiger partial charge in [0.1, 0.15) is 0 Å². The van der Waals surface area contributed by atoms with E-state index >= 15 is 0 Å². The Morgan fingerprint density at radius 3 is 0.908 bits per heavy atom. The average molecular weight is 1160 g/mol. The summed E-state index contributed by atoms with van der Waals surface area (Å²) in [4.78, 5) is 20.1. The summed E-state index contributed by atoms with van der Waals surface area (Å²) < 4.78 is 0. The number of nitrogens with zero attached hydrogens (tertiary/aromatic N) is 8. The van der Waals surface area contributed by atoms with Crippen molar-refractivity contribution in [2.45, 2.75) is 197 Å². The predicted molar refractivity (Wildman–Crippen MR) is 349 cm³/mol.